The van der Waals surface area contributed by atoms with Crippen molar-refractivity contribution in [3.63, 3.8) is 0 Å². The highest BCUT2D eigenvalue weighted by molar-refractivity contribution is 9.09. The number of aryl methyl sites for hydroxylation is 1. The molecule has 0 aliphatic rings. The molecule has 13 heavy (non-hydrogen) atoms. The maximum atomic E-state index is 4.17. The van der Waals surface area contributed by atoms with E-state index in [2.05, 4.69) is 33.2 Å². The molecule has 0 fully saturated rings. The zero-order valence-corrected chi connectivity index (χ0v) is 9.71. The molecule has 0 aliphatic carbocycles. The van der Waals surface area contributed by atoms with Gasteiger partial charge in [0, 0.05) is 30.8 Å². The molecule has 0 bridgehead atoms. The second kappa shape index (κ2) is 5.27. The summed E-state index contributed by atoms with van der Waals surface area (Å²) in [6.45, 7) is 3.15. The van der Waals surface area contributed by atoms with Crippen molar-refractivity contribution in [2.45, 2.75) is 24.6 Å². The summed E-state index contributed by atoms with van der Waals surface area (Å²) in [5.41, 5.74) is 0. The molecule has 0 saturated heterocycles. The van der Waals surface area contributed by atoms with Gasteiger partial charge in [-0.1, -0.05) is 22.9 Å². The Morgan fingerprint density at radius 3 is 3.00 bits per heavy atom. The highest BCUT2D eigenvalue weighted by Crippen LogP contribution is 2.09. The molecule has 3 nitrogen and oxygen atoms in total. The Bertz CT molecular complexity index is 247. The number of halogens is 1. The summed E-state index contributed by atoms with van der Waals surface area (Å²) in [7, 11) is 1.99. The monoisotopic (exact) mass is 245 g/mol. The molecule has 1 heterocycles. The van der Waals surface area contributed by atoms with Crippen LogP contribution < -0.4 is 5.32 Å². The van der Waals surface area contributed by atoms with Crippen LogP contribution in [-0.2, 0) is 7.05 Å². The van der Waals surface area contributed by atoms with Crippen LogP contribution in [0.5, 0.6) is 0 Å². The first-order chi connectivity index (χ1) is 6.24. The predicted molar refractivity (Wildman–Crippen MR) is 59.3 cm³/mol. The molecule has 4 heteroatoms. The molecule has 0 spiro atoms. The van der Waals surface area contributed by atoms with E-state index < -0.39 is 0 Å². The van der Waals surface area contributed by atoms with Gasteiger partial charge in [-0.2, -0.15) is 0 Å². The van der Waals surface area contributed by atoms with Crippen molar-refractivity contribution in [1.82, 2.24) is 9.55 Å². The fraction of sp³-hybridized carbons (Fsp3) is 0.667. The minimum Gasteiger partial charge on any atom is -0.356 e. The first-order valence-corrected chi connectivity index (χ1v) is 5.51. The smallest absolute Gasteiger partial charge is 0.202 e. The second-order valence-electron chi connectivity index (χ2n) is 3.08. The van der Waals surface area contributed by atoms with Crippen molar-refractivity contribution in [1.29, 1.82) is 0 Å². The van der Waals surface area contributed by atoms with Crippen LogP contribution in [0.3, 0.4) is 0 Å². The number of hydrogen-bond acceptors (Lipinski definition) is 2. The molecule has 0 amide bonds. The van der Waals surface area contributed by atoms with Crippen molar-refractivity contribution in [2.24, 2.45) is 7.05 Å². The van der Waals surface area contributed by atoms with Gasteiger partial charge in [-0.15, -0.1) is 0 Å². The largest absolute Gasteiger partial charge is 0.356 e. The molecule has 0 radical (unpaired) electrons. The Hall–Kier alpha value is -0.510. The molecule has 0 saturated carbocycles. The topological polar surface area (TPSA) is 29.9 Å². The average Bonchev–Trinajstić information content (AvgIpc) is 2.52. The third kappa shape index (κ3) is 3.38. The standard InChI is InChI=1S/C9H16BrN3/c1-3-8(10)4-5-11-9-12-6-7-13(9)2/h6-8H,3-5H2,1-2H3,(H,11,12). The lowest BCUT2D eigenvalue weighted by molar-refractivity contribution is 0.765. The van der Waals surface area contributed by atoms with Crippen molar-refractivity contribution < 1.29 is 0 Å². The van der Waals surface area contributed by atoms with Gasteiger partial charge in [0.2, 0.25) is 5.95 Å². The van der Waals surface area contributed by atoms with Crippen LogP contribution in [0.2, 0.25) is 0 Å². The predicted octanol–water partition coefficient (Wildman–Crippen LogP) is 2.40. The van der Waals surface area contributed by atoms with E-state index in [-0.39, 0.29) is 0 Å². The highest BCUT2D eigenvalue weighted by Gasteiger charge is 2.01. The molecule has 1 unspecified atom stereocenters. The summed E-state index contributed by atoms with van der Waals surface area (Å²) in [6, 6.07) is 0. The Morgan fingerprint density at radius 2 is 2.46 bits per heavy atom. The lowest BCUT2D eigenvalue weighted by atomic mass is 10.2. The van der Waals surface area contributed by atoms with Crippen LogP contribution in [0.4, 0.5) is 5.95 Å². The van der Waals surface area contributed by atoms with Crippen LogP contribution >= 0.6 is 15.9 Å². The fourth-order valence-corrected chi connectivity index (χ4v) is 1.31. The van der Waals surface area contributed by atoms with Crippen molar-refractivity contribution >= 4 is 21.9 Å². The normalized spacial score (nSPS) is 12.8. The van der Waals surface area contributed by atoms with Crippen LogP contribution in [0.25, 0.3) is 0 Å². The fourth-order valence-electron chi connectivity index (χ4n) is 1.08. The van der Waals surface area contributed by atoms with Gasteiger partial charge in [-0.05, 0) is 12.8 Å². The SMILES string of the molecule is CCC(Br)CCNc1nccn1C. The molecule has 1 N–H and O–H groups in total. The zero-order valence-electron chi connectivity index (χ0n) is 8.13. The van der Waals surface area contributed by atoms with Crippen molar-refractivity contribution in [2.75, 3.05) is 11.9 Å². The lowest BCUT2D eigenvalue weighted by Gasteiger charge is -2.08. The van der Waals surface area contributed by atoms with Gasteiger partial charge in [0.25, 0.3) is 0 Å². The van der Waals surface area contributed by atoms with E-state index in [1.54, 1.807) is 6.20 Å². The Morgan fingerprint density at radius 1 is 1.69 bits per heavy atom. The molecule has 74 valence electrons. The summed E-state index contributed by atoms with van der Waals surface area (Å²) in [4.78, 5) is 4.79. The number of hydrogen-bond donors (Lipinski definition) is 1. The van der Waals surface area contributed by atoms with Crippen LogP contribution in [0.15, 0.2) is 12.4 Å². The third-order valence-electron chi connectivity index (χ3n) is 2.00. The summed E-state index contributed by atoms with van der Waals surface area (Å²) in [6.07, 6.45) is 6.03. The van der Waals surface area contributed by atoms with E-state index in [0.717, 1.165) is 18.9 Å². The zero-order chi connectivity index (χ0) is 9.68. The van der Waals surface area contributed by atoms with Gasteiger partial charge in [-0.25, -0.2) is 4.98 Å². The van der Waals surface area contributed by atoms with Gasteiger partial charge in [-0.3, -0.25) is 0 Å². The molecular formula is C9H16BrN3. The number of rotatable bonds is 5. The van der Waals surface area contributed by atoms with Crippen LogP contribution in [-0.4, -0.2) is 20.9 Å². The minimum atomic E-state index is 0.611. The van der Waals surface area contributed by atoms with Gasteiger partial charge in [0.15, 0.2) is 0 Å². The van der Waals surface area contributed by atoms with Gasteiger partial charge < -0.3 is 9.88 Å². The van der Waals surface area contributed by atoms with E-state index in [1.807, 2.05) is 17.8 Å². The molecule has 1 aromatic heterocycles. The summed E-state index contributed by atoms with van der Waals surface area (Å²) in [5, 5.41) is 3.28. The van der Waals surface area contributed by atoms with Crippen molar-refractivity contribution in [3.05, 3.63) is 12.4 Å². The number of aromatic nitrogens is 2. The lowest BCUT2D eigenvalue weighted by Crippen LogP contribution is -2.10. The molecule has 0 aromatic carbocycles. The summed E-state index contributed by atoms with van der Waals surface area (Å²) in [5.74, 6) is 0.941. The number of alkyl halides is 1. The first kappa shape index (κ1) is 10.6. The second-order valence-corrected chi connectivity index (χ2v) is 4.38. The molecule has 1 atom stereocenters. The molecule has 0 aliphatic heterocycles. The Labute approximate surface area is 87.7 Å². The Kier molecular flexibility index (Phi) is 4.28. The van der Waals surface area contributed by atoms with Crippen LogP contribution in [0, 0.1) is 0 Å². The third-order valence-corrected chi connectivity index (χ3v) is 3.11. The Balaban J connectivity index is 2.24. The average molecular weight is 246 g/mol. The highest BCUT2D eigenvalue weighted by atomic mass is 79.9. The van der Waals surface area contributed by atoms with E-state index in [0.29, 0.717) is 4.83 Å². The summed E-state index contributed by atoms with van der Waals surface area (Å²) >= 11 is 3.59. The maximum Gasteiger partial charge on any atom is 0.202 e. The van der Waals surface area contributed by atoms with E-state index in [4.69, 9.17) is 0 Å². The van der Waals surface area contributed by atoms with Gasteiger partial charge >= 0.3 is 0 Å². The van der Waals surface area contributed by atoms with Crippen molar-refractivity contribution in [3.8, 4) is 0 Å². The van der Waals surface area contributed by atoms with Gasteiger partial charge in [0.05, 0.1) is 0 Å². The maximum absolute atomic E-state index is 4.17. The number of anilines is 1. The number of nitrogens with zero attached hydrogens (tertiary/aromatic N) is 2. The number of imidazole rings is 1. The minimum absolute atomic E-state index is 0.611. The quantitative estimate of drug-likeness (QED) is 0.808. The molecule has 1 rings (SSSR count). The van der Waals surface area contributed by atoms with E-state index in [9.17, 15) is 0 Å². The molecular weight excluding hydrogens is 230 g/mol. The van der Waals surface area contributed by atoms with Crippen LogP contribution in [0.1, 0.15) is 19.8 Å². The van der Waals surface area contributed by atoms with Gasteiger partial charge in [0.1, 0.15) is 0 Å². The van der Waals surface area contributed by atoms with E-state index >= 15 is 0 Å². The number of nitrogens with one attached hydrogen (secondary N) is 1. The molecule has 1 aromatic rings. The summed E-state index contributed by atoms with van der Waals surface area (Å²) < 4.78 is 1.98. The van der Waals surface area contributed by atoms with E-state index in [1.165, 1.54) is 6.42 Å². The first-order valence-electron chi connectivity index (χ1n) is 4.59.